The molecule has 2 unspecified atom stereocenters. The zero-order chi connectivity index (χ0) is 10.4. The number of rotatable bonds is 6. The third kappa shape index (κ3) is 3.56. The second kappa shape index (κ2) is 6.38. The lowest BCUT2D eigenvalue weighted by Gasteiger charge is -2.25. The Balaban J connectivity index is 2.24. The summed E-state index contributed by atoms with van der Waals surface area (Å²) in [6.07, 6.45) is 1.32. The zero-order valence-electron chi connectivity index (χ0n) is 9.75. The predicted octanol–water partition coefficient (Wildman–Crippen LogP) is 0.953. The van der Waals surface area contributed by atoms with Crippen LogP contribution < -0.4 is 5.32 Å². The normalized spacial score (nSPS) is 27.4. The summed E-state index contributed by atoms with van der Waals surface area (Å²) in [5.74, 6) is 0.826. The molecule has 1 saturated heterocycles. The number of nitrogens with one attached hydrogen (secondary N) is 1. The molecule has 0 aromatic rings. The van der Waals surface area contributed by atoms with E-state index in [1.54, 1.807) is 7.11 Å². The lowest BCUT2D eigenvalue weighted by molar-refractivity contribution is 0.138. The van der Waals surface area contributed by atoms with Crippen molar-refractivity contribution in [3.63, 3.8) is 0 Å². The Kier molecular flexibility index (Phi) is 5.45. The van der Waals surface area contributed by atoms with Crippen LogP contribution in [0.15, 0.2) is 0 Å². The predicted molar refractivity (Wildman–Crippen MR) is 59.6 cm³/mol. The van der Waals surface area contributed by atoms with E-state index in [9.17, 15) is 0 Å². The van der Waals surface area contributed by atoms with Crippen molar-refractivity contribution in [2.45, 2.75) is 26.3 Å². The van der Waals surface area contributed by atoms with Gasteiger partial charge in [0.25, 0.3) is 0 Å². The zero-order valence-corrected chi connectivity index (χ0v) is 9.75. The quantitative estimate of drug-likeness (QED) is 0.691. The maximum Gasteiger partial charge on any atom is 0.0589 e. The van der Waals surface area contributed by atoms with Crippen molar-refractivity contribution >= 4 is 0 Å². The Morgan fingerprint density at radius 2 is 2.29 bits per heavy atom. The molecule has 0 bridgehead atoms. The first-order valence-electron chi connectivity index (χ1n) is 5.72. The SMILES string of the molecule is CCN(CCOC)CC1CCNC1C. The van der Waals surface area contributed by atoms with Crippen molar-refractivity contribution in [3.05, 3.63) is 0 Å². The van der Waals surface area contributed by atoms with Gasteiger partial charge in [-0.05, 0) is 32.4 Å². The number of methoxy groups -OCH3 is 1. The Bertz CT molecular complexity index is 152. The summed E-state index contributed by atoms with van der Waals surface area (Å²) in [4.78, 5) is 2.48. The smallest absolute Gasteiger partial charge is 0.0589 e. The topological polar surface area (TPSA) is 24.5 Å². The van der Waals surface area contributed by atoms with Crippen LogP contribution in [0.25, 0.3) is 0 Å². The number of likely N-dealkylation sites (N-methyl/N-ethyl adjacent to an activating group) is 1. The van der Waals surface area contributed by atoms with Crippen molar-refractivity contribution in [2.24, 2.45) is 5.92 Å². The molecule has 0 aliphatic carbocycles. The Morgan fingerprint density at radius 1 is 1.50 bits per heavy atom. The Morgan fingerprint density at radius 3 is 2.79 bits per heavy atom. The first-order valence-corrected chi connectivity index (χ1v) is 5.72. The van der Waals surface area contributed by atoms with E-state index < -0.39 is 0 Å². The fourth-order valence-corrected chi connectivity index (χ4v) is 2.09. The highest BCUT2D eigenvalue weighted by Crippen LogP contribution is 2.16. The molecule has 2 atom stereocenters. The van der Waals surface area contributed by atoms with Crippen LogP contribution in [0.2, 0.25) is 0 Å². The van der Waals surface area contributed by atoms with Gasteiger partial charge in [-0.1, -0.05) is 6.92 Å². The van der Waals surface area contributed by atoms with Crippen LogP contribution in [0.4, 0.5) is 0 Å². The molecule has 3 nitrogen and oxygen atoms in total. The molecule has 1 fully saturated rings. The van der Waals surface area contributed by atoms with Crippen molar-refractivity contribution in [1.29, 1.82) is 0 Å². The molecule has 0 radical (unpaired) electrons. The highest BCUT2D eigenvalue weighted by Gasteiger charge is 2.24. The Labute approximate surface area is 87.8 Å². The highest BCUT2D eigenvalue weighted by atomic mass is 16.5. The van der Waals surface area contributed by atoms with Crippen molar-refractivity contribution < 1.29 is 4.74 Å². The molecule has 0 spiro atoms. The molecule has 84 valence electrons. The molecular formula is C11H24N2O. The van der Waals surface area contributed by atoms with Gasteiger partial charge in [0.2, 0.25) is 0 Å². The third-order valence-electron chi connectivity index (χ3n) is 3.24. The van der Waals surface area contributed by atoms with Crippen molar-refractivity contribution in [3.8, 4) is 0 Å². The minimum Gasteiger partial charge on any atom is -0.383 e. The molecule has 1 heterocycles. The van der Waals surface area contributed by atoms with Crippen LogP contribution in [0.1, 0.15) is 20.3 Å². The van der Waals surface area contributed by atoms with E-state index in [4.69, 9.17) is 4.74 Å². The van der Waals surface area contributed by atoms with Gasteiger partial charge in [-0.25, -0.2) is 0 Å². The molecule has 0 aromatic heterocycles. The largest absolute Gasteiger partial charge is 0.383 e. The molecule has 1 aliphatic rings. The van der Waals surface area contributed by atoms with E-state index in [0.717, 1.165) is 25.6 Å². The molecule has 0 saturated carbocycles. The van der Waals surface area contributed by atoms with Gasteiger partial charge in [-0.15, -0.1) is 0 Å². The van der Waals surface area contributed by atoms with Crippen LogP contribution >= 0.6 is 0 Å². The molecule has 3 heteroatoms. The van der Waals surface area contributed by atoms with Gasteiger partial charge in [0.15, 0.2) is 0 Å². The third-order valence-corrected chi connectivity index (χ3v) is 3.24. The van der Waals surface area contributed by atoms with Crippen LogP contribution in [0, 0.1) is 5.92 Å². The molecule has 14 heavy (non-hydrogen) atoms. The Hall–Kier alpha value is -0.120. The highest BCUT2D eigenvalue weighted by molar-refractivity contribution is 4.82. The van der Waals surface area contributed by atoms with Gasteiger partial charge in [0.1, 0.15) is 0 Å². The van der Waals surface area contributed by atoms with Gasteiger partial charge in [0.05, 0.1) is 6.61 Å². The summed E-state index contributed by atoms with van der Waals surface area (Å²) in [5.41, 5.74) is 0. The fourth-order valence-electron chi connectivity index (χ4n) is 2.09. The molecule has 1 rings (SSSR count). The van der Waals surface area contributed by atoms with Crippen molar-refractivity contribution in [2.75, 3.05) is 39.9 Å². The standard InChI is InChI=1S/C11H24N2O/c1-4-13(7-8-14-3)9-11-5-6-12-10(11)2/h10-12H,4-9H2,1-3H3. The molecular weight excluding hydrogens is 176 g/mol. The summed E-state index contributed by atoms with van der Waals surface area (Å²) in [5, 5.41) is 3.50. The number of hydrogen-bond acceptors (Lipinski definition) is 3. The molecule has 1 N–H and O–H groups in total. The second-order valence-electron chi connectivity index (χ2n) is 4.18. The van der Waals surface area contributed by atoms with E-state index >= 15 is 0 Å². The lowest BCUT2D eigenvalue weighted by atomic mass is 10.0. The van der Waals surface area contributed by atoms with E-state index in [0.29, 0.717) is 6.04 Å². The van der Waals surface area contributed by atoms with Crippen LogP contribution in [0.3, 0.4) is 0 Å². The van der Waals surface area contributed by atoms with Gasteiger partial charge >= 0.3 is 0 Å². The number of ether oxygens (including phenoxy) is 1. The maximum absolute atomic E-state index is 5.11. The summed E-state index contributed by atoms with van der Waals surface area (Å²) >= 11 is 0. The lowest BCUT2D eigenvalue weighted by Crippen LogP contribution is -2.36. The number of hydrogen-bond donors (Lipinski definition) is 1. The van der Waals surface area contributed by atoms with E-state index in [2.05, 4.69) is 24.1 Å². The monoisotopic (exact) mass is 200 g/mol. The number of nitrogens with zero attached hydrogens (tertiary/aromatic N) is 1. The van der Waals surface area contributed by atoms with E-state index in [-0.39, 0.29) is 0 Å². The van der Waals surface area contributed by atoms with Crippen LogP contribution in [0.5, 0.6) is 0 Å². The minimum absolute atomic E-state index is 0.687. The maximum atomic E-state index is 5.11. The molecule has 1 aliphatic heterocycles. The van der Waals surface area contributed by atoms with Crippen LogP contribution in [-0.2, 0) is 4.74 Å². The average molecular weight is 200 g/mol. The van der Waals surface area contributed by atoms with E-state index in [1.165, 1.54) is 19.5 Å². The first kappa shape index (κ1) is 12.0. The fraction of sp³-hybridized carbons (Fsp3) is 1.00. The van der Waals surface area contributed by atoms with Gasteiger partial charge in [-0.3, -0.25) is 0 Å². The minimum atomic E-state index is 0.687. The average Bonchev–Trinajstić information content (AvgIpc) is 2.59. The van der Waals surface area contributed by atoms with E-state index in [1.807, 2.05) is 0 Å². The van der Waals surface area contributed by atoms with Gasteiger partial charge in [-0.2, -0.15) is 0 Å². The second-order valence-corrected chi connectivity index (χ2v) is 4.18. The van der Waals surface area contributed by atoms with Crippen LogP contribution in [-0.4, -0.2) is 50.8 Å². The summed E-state index contributed by atoms with van der Waals surface area (Å²) < 4.78 is 5.11. The van der Waals surface area contributed by atoms with Gasteiger partial charge in [0, 0.05) is 26.2 Å². The van der Waals surface area contributed by atoms with Gasteiger partial charge < -0.3 is 15.0 Å². The van der Waals surface area contributed by atoms with Crippen molar-refractivity contribution in [1.82, 2.24) is 10.2 Å². The summed E-state index contributed by atoms with van der Waals surface area (Å²) in [7, 11) is 1.77. The first-order chi connectivity index (χ1) is 6.77. The molecule has 0 aromatic carbocycles. The summed E-state index contributed by atoms with van der Waals surface area (Å²) in [6.45, 7) is 9.97. The molecule has 0 amide bonds. The summed E-state index contributed by atoms with van der Waals surface area (Å²) in [6, 6.07) is 0.687.